The van der Waals surface area contributed by atoms with Gasteiger partial charge in [0.1, 0.15) is 11.5 Å². The molecule has 1 N–H and O–H groups in total. The maximum Gasteiger partial charge on any atom is 0.280 e. The van der Waals surface area contributed by atoms with Gasteiger partial charge >= 0.3 is 0 Å². The Morgan fingerprint density at radius 2 is 1.85 bits per heavy atom. The van der Waals surface area contributed by atoms with Gasteiger partial charge in [-0.2, -0.15) is 5.10 Å². The van der Waals surface area contributed by atoms with Gasteiger partial charge in [0, 0.05) is 0 Å². The van der Waals surface area contributed by atoms with Crippen molar-refractivity contribution in [1.82, 2.24) is 5.43 Å². The fourth-order valence-corrected chi connectivity index (χ4v) is 2.50. The van der Waals surface area contributed by atoms with Crippen LogP contribution < -0.4 is 14.9 Å². The predicted molar refractivity (Wildman–Crippen MR) is 104 cm³/mol. The summed E-state index contributed by atoms with van der Waals surface area (Å²) in [5, 5.41) is 4.08. The molecule has 0 saturated heterocycles. The number of carbonyl (C=O) groups excluding carboxylic acids is 1. The molecule has 5 heteroatoms. The standard InChI is InChI=1S/C21H26N2O3/c1-14(2)19-12-17(15(3)11-20(19)25-5)13-22-23-21(24)16(4)26-18-9-7-6-8-10-18/h6-14,16H,1-5H3,(H,23,24)/b22-13-/t16-/m1/s1. The van der Waals surface area contributed by atoms with Crippen molar-refractivity contribution in [2.75, 3.05) is 7.11 Å². The van der Waals surface area contributed by atoms with E-state index in [0.717, 1.165) is 22.4 Å². The lowest BCUT2D eigenvalue weighted by Gasteiger charge is -2.14. The highest BCUT2D eigenvalue weighted by Gasteiger charge is 2.14. The Morgan fingerprint density at radius 1 is 1.15 bits per heavy atom. The molecule has 138 valence electrons. The Balaban J connectivity index is 2.03. The quantitative estimate of drug-likeness (QED) is 0.603. The van der Waals surface area contributed by atoms with Gasteiger partial charge in [0.2, 0.25) is 0 Å². The van der Waals surface area contributed by atoms with Crippen molar-refractivity contribution in [3.63, 3.8) is 0 Å². The molecule has 0 saturated carbocycles. The van der Waals surface area contributed by atoms with E-state index in [1.165, 1.54) is 0 Å². The van der Waals surface area contributed by atoms with Crippen LogP contribution in [0.4, 0.5) is 0 Å². The molecular weight excluding hydrogens is 328 g/mol. The highest BCUT2D eigenvalue weighted by Crippen LogP contribution is 2.29. The number of nitrogens with zero attached hydrogens (tertiary/aromatic N) is 1. The maximum atomic E-state index is 12.1. The van der Waals surface area contributed by atoms with Crippen LogP contribution in [0.5, 0.6) is 11.5 Å². The van der Waals surface area contributed by atoms with E-state index < -0.39 is 6.10 Å². The third-order valence-electron chi connectivity index (χ3n) is 4.04. The summed E-state index contributed by atoms with van der Waals surface area (Å²) >= 11 is 0. The summed E-state index contributed by atoms with van der Waals surface area (Å²) in [6, 6.07) is 13.2. The van der Waals surface area contributed by atoms with Crippen molar-refractivity contribution in [3.05, 3.63) is 59.2 Å². The maximum absolute atomic E-state index is 12.1. The normalized spacial score (nSPS) is 12.2. The smallest absolute Gasteiger partial charge is 0.280 e. The molecule has 2 aromatic rings. The van der Waals surface area contributed by atoms with Crippen molar-refractivity contribution >= 4 is 12.1 Å². The number of hydrogen-bond donors (Lipinski definition) is 1. The summed E-state index contributed by atoms with van der Waals surface area (Å²) in [5.74, 6) is 1.53. The monoisotopic (exact) mass is 354 g/mol. The zero-order valence-electron chi connectivity index (χ0n) is 15.9. The SMILES string of the molecule is COc1cc(C)c(/C=N\NC(=O)[C@@H](C)Oc2ccccc2)cc1C(C)C. The molecule has 0 fully saturated rings. The summed E-state index contributed by atoms with van der Waals surface area (Å²) in [6.45, 7) is 7.89. The first-order valence-corrected chi connectivity index (χ1v) is 8.65. The first kappa shape index (κ1) is 19.5. The van der Waals surface area contributed by atoms with E-state index in [-0.39, 0.29) is 5.91 Å². The summed E-state index contributed by atoms with van der Waals surface area (Å²) in [5.41, 5.74) is 5.60. The first-order valence-electron chi connectivity index (χ1n) is 8.65. The number of ether oxygens (including phenoxy) is 2. The van der Waals surface area contributed by atoms with Crippen LogP contribution in [0.25, 0.3) is 0 Å². The number of hydrazone groups is 1. The van der Waals surface area contributed by atoms with E-state index >= 15 is 0 Å². The summed E-state index contributed by atoms with van der Waals surface area (Å²) < 4.78 is 11.0. The van der Waals surface area contributed by atoms with E-state index in [2.05, 4.69) is 24.4 Å². The molecule has 0 aliphatic rings. The molecule has 2 aromatic carbocycles. The van der Waals surface area contributed by atoms with Crippen LogP contribution in [-0.4, -0.2) is 25.3 Å². The second-order valence-electron chi connectivity index (χ2n) is 6.41. The molecule has 0 radical (unpaired) electrons. The van der Waals surface area contributed by atoms with Crippen molar-refractivity contribution in [2.45, 2.75) is 39.7 Å². The lowest BCUT2D eigenvalue weighted by atomic mass is 9.97. The molecule has 1 atom stereocenters. The molecule has 0 unspecified atom stereocenters. The second kappa shape index (κ2) is 9.04. The van der Waals surface area contributed by atoms with Crippen LogP contribution in [0.3, 0.4) is 0 Å². The van der Waals surface area contributed by atoms with Crippen LogP contribution in [0.15, 0.2) is 47.6 Å². The molecule has 0 aliphatic heterocycles. The Hall–Kier alpha value is -2.82. The van der Waals surface area contributed by atoms with Gasteiger partial charge in [0.05, 0.1) is 13.3 Å². The fourth-order valence-electron chi connectivity index (χ4n) is 2.50. The van der Waals surface area contributed by atoms with Crippen LogP contribution in [0.2, 0.25) is 0 Å². The molecule has 0 aliphatic carbocycles. The molecular formula is C21H26N2O3. The average Bonchev–Trinajstić information content (AvgIpc) is 2.63. The molecule has 0 bridgehead atoms. The third-order valence-corrected chi connectivity index (χ3v) is 4.04. The molecule has 2 rings (SSSR count). The lowest BCUT2D eigenvalue weighted by Crippen LogP contribution is -2.33. The summed E-state index contributed by atoms with van der Waals surface area (Å²) in [4.78, 5) is 12.1. The third kappa shape index (κ3) is 5.09. The topological polar surface area (TPSA) is 59.9 Å². The van der Waals surface area contributed by atoms with Crippen molar-refractivity contribution in [1.29, 1.82) is 0 Å². The van der Waals surface area contributed by atoms with Crippen molar-refractivity contribution < 1.29 is 14.3 Å². The van der Waals surface area contributed by atoms with E-state index in [1.807, 2.05) is 37.3 Å². The Morgan fingerprint density at radius 3 is 2.46 bits per heavy atom. The van der Waals surface area contributed by atoms with Gasteiger partial charge in [0.25, 0.3) is 5.91 Å². The average molecular weight is 354 g/mol. The Bertz CT molecular complexity index is 770. The van der Waals surface area contributed by atoms with Crippen LogP contribution in [0, 0.1) is 6.92 Å². The van der Waals surface area contributed by atoms with Gasteiger partial charge in [-0.05, 0) is 60.7 Å². The van der Waals surface area contributed by atoms with E-state index in [0.29, 0.717) is 11.7 Å². The van der Waals surface area contributed by atoms with Gasteiger partial charge in [-0.1, -0.05) is 32.0 Å². The number of methoxy groups -OCH3 is 1. The minimum Gasteiger partial charge on any atom is -0.496 e. The molecule has 5 nitrogen and oxygen atoms in total. The summed E-state index contributed by atoms with van der Waals surface area (Å²) in [6.07, 6.45) is 1.01. The van der Waals surface area contributed by atoms with Crippen LogP contribution in [-0.2, 0) is 4.79 Å². The highest BCUT2D eigenvalue weighted by molar-refractivity contribution is 5.85. The van der Waals surface area contributed by atoms with E-state index in [9.17, 15) is 4.79 Å². The van der Waals surface area contributed by atoms with Crippen LogP contribution in [0.1, 0.15) is 43.4 Å². The Kier molecular flexibility index (Phi) is 6.78. The number of nitrogens with one attached hydrogen (secondary N) is 1. The van der Waals surface area contributed by atoms with E-state index in [1.54, 1.807) is 32.4 Å². The van der Waals surface area contributed by atoms with Crippen LogP contribution >= 0.6 is 0 Å². The Labute approximate surface area is 155 Å². The molecule has 0 aromatic heterocycles. The second-order valence-corrected chi connectivity index (χ2v) is 6.41. The number of carbonyl (C=O) groups is 1. The minimum absolute atomic E-state index is 0.305. The molecule has 26 heavy (non-hydrogen) atoms. The number of benzene rings is 2. The van der Waals surface area contributed by atoms with Gasteiger partial charge in [-0.15, -0.1) is 0 Å². The predicted octanol–water partition coefficient (Wildman–Crippen LogP) is 4.04. The van der Waals surface area contributed by atoms with E-state index in [4.69, 9.17) is 9.47 Å². The van der Waals surface area contributed by atoms with Crippen molar-refractivity contribution in [3.8, 4) is 11.5 Å². The van der Waals surface area contributed by atoms with Crippen molar-refractivity contribution in [2.24, 2.45) is 5.10 Å². The number of rotatable bonds is 7. The largest absolute Gasteiger partial charge is 0.496 e. The molecule has 1 amide bonds. The minimum atomic E-state index is -0.641. The lowest BCUT2D eigenvalue weighted by molar-refractivity contribution is -0.127. The first-order chi connectivity index (χ1) is 12.4. The zero-order chi connectivity index (χ0) is 19.1. The number of aryl methyl sites for hydroxylation is 1. The number of hydrogen-bond acceptors (Lipinski definition) is 4. The van der Waals surface area contributed by atoms with Gasteiger partial charge in [-0.25, -0.2) is 5.43 Å². The highest BCUT2D eigenvalue weighted by atomic mass is 16.5. The molecule has 0 spiro atoms. The zero-order valence-corrected chi connectivity index (χ0v) is 15.9. The summed E-state index contributed by atoms with van der Waals surface area (Å²) in [7, 11) is 1.67. The van der Waals surface area contributed by atoms with Gasteiger partial charge < -0.3 is 9.47 Å². The fraction of sp³-hybridized carbons (Fsp3) is 0.333. The molecule has 0 heterocycles. The van der Waals surface area contributed by atoms with Gasteiger partial charge in [-0.3, -0.25) is 4.79 Å². The number of para-hydroxylation sites is 1. The van der Waals surface area contributed by atoms with Gasteiger partial charge in [0.15, 0.2) is 6.10 Å². The number of amides is 1.